The number of hydrogen-bond donors (Lipinski definition) is 2. The molecule has 3 heteroatoms. The highest BCUT2D eigenvalue weighted by Crippen LogP contribution is 2.57. The lowest BCUT2D eigenvalue weighted by atomic mass is 10.0. The molecular formula is C13H19NO2. The Morgan fingerprint density at radius 3 is 2.56 bits per heavy atom. The van der Waals surface area contributed by atoms with E-state index in [0.29, 0.717) is 18.3 Å². The molecule has 2 atom stereocenters. The fourth-order valence-corrected chi connectivity index (χ4v) is 2.31. The average Bonchev–Trinajstić information content (AvgIpc) is 2.71. The molecule has 0 saturated heterocycles. The fourth-order valence-electron chi connectivity index (χ4n) is 2.31. The number of phenolic OH excluding ortho intramolecular Hbond substituents is 1. The molecule has 1 aromatic carbocycles. The lowest BCUT2D eigenvalue weighted by Gasteiger charge is -2.09. The van der Waals surface area contributed by atoms with Gasteiger partial charge in [-0.2, -0.15) is 0 Å². The van der Waals surface area contributed by atoms with Crippen molar-refractivity contribution in [3.05, 3.63) is 23.8 Å². The van der Waals surface area contributed by atoms with Crippen LogP contribution >= 0.6 is 0 Å². The van der Waals surface area contributed by atoms with Gasteiger partial charge in [0.15, 0.2) is 11.5 Å². The zero-order valence-electron chi connectivity index (χ0n) is 10.0. The summed E-state index contributed by atoms with van der Waals surface area (Å²) in [4.78, 5) is 0. The van der Waals surface area contributed by atoms with Crippen molar-refractivity contribution in [2.24, 2.45) is 11.1 Å². The first-order valence-corrected chi connectivity index (χ1v) is 5.69. The Kier molecular flexibility index (Phi) is 2.58. The molecule has 1 aromatic rings. The molecule has 1 fully saturated rings. The Balaban J connectivity index is 2.27. The Morgan fingerprint density at radius 1 is 1.44 bits per heavy atom. The summed E-state index contributed by atoms with van der Waals surface area (Å²) in [5.74, 6) is 1.11. The van der Waals surface area contributed by atoms with Crippen LogP contribution in [0.15, 0.2) is 18.2 Å². The topological polar surface area (TPSA) is 55.5 Å². The molecule has 1 aliphatic rings. The molecule has 3 N–H and O–H groups in total. The largest absolute Gasteiger partial charge is 0.504 e. The van der Waals surface area contributed by atoms with E-state index in [4.69, 9.17) is 10.5 Å². The molecule has 0 radical (unpaired) electrons. The summed E-state index contributed by atoms with van der Waals surface area (Å²) in [6.45, 7) is 6.78. The molecule has 0 spiro atoms. The van der Waals surface area contributed by atoms with Crippen LogP contribution in [-0.4, -0.2) is 17.8 Å². The Hall–Kier alpha value is -1.22. The molecule has 0 heterocycles. The number of nitrogens with two attached hydrogens (primary N) is 1. The first-order valence-electron chi connectivity index (χ1n) is 5.69. The van der Waals surface area contributed by atoms with Gasteiger partial charge in [0.05, 0.1) is 6.61 Å². The van der Waals surface area contributed by atoms with Crippen LogP contribution in [0.25, 0.3) is 0 Å². The highest BCUT2D eigenvalue weighted by molar-refractivity contribution is 5.46. The van der Waals surface area contributed by atoms with E-state index in [2.05, 4.69) is 13.8 Å². The first-order chi connectivity index (χ1) is 7.48. The third kappa shape index (κ3) is 1.65. The van der Waals surface area contributed by atoms with Gasteiger partial charge >= 0.3 is 0 Å². The number of rotatable bonds is 3. The zero-order chi connectivity index (χ0) is 11.9. The number of benzene rings is 1. The molecule has 0 bridgehead atoms. The van der Waals surface area contributed by atoms with E-state index in [1.165, 1.54) is 0 Å². The maximum absolute atomic E-state index is 9.61. The number of ether oxygens (including phenoxy) is 1. The molecule has 1 saturated carbocycles. The highest BCUT2D eigenvalue weighted by atomic mass is 16.5. The van der Waals surface area contributed by atoms with Crippen LogP contribution in [-0.2, 0) is 0 Å². The second kappa shape index (κ2) is 3.67. The monoisotopic (exact) mass is 221 g/mol. The molecular weight excluding hydrogens is 202 g/mol. The van der Waals surface area contributed by atoms with Crippen molar-refractivity contribution in [3.63, 3.8) is 0 Å². The second-order valence-electron chi connectivity index (χ2n) is 4.98. The molecule has 0 amide bonds. The lowest BCUT2D eigenvalue weighted by Crippen LogP contribution is -2.06. The summed E-state index contributed by atoms with van der Waals surface area (Å²) in [7, 11) is 0. The van der Waals surface area contributed by atoms with Crippen LogP contribution in [0.1, 0.15) is 32.3 Å². The minimum atomic E-state index is 0.153. The SMILES string of the molecule is CCOc1cc([C@@H]2[C@@H](N)C2(C)C)ccc1O. The highest BCUT2D eigenvalue weighted by Gasteiger charge is 2.56. The van der Waals surface area contributed by atoms with E-state index in [0.717, 1.165) is 5.56 Å². The third-order valence-corrected chi connectivity index (χ3v) is 3.55. The molecule has 16 heavy (non-hydrogen) atoms. The first kappa shape index (κ1) is 11.3. The van der Waals surface area contributed by atoms with E-state index in [1.54, 1.807) is 6.07 Å². The summed E-state index contributed by atoms with van der Waals surface area (Å²) in [5, 5.41) is 9.61. The van der Waals surface area contributed by atoms with Gasteiger partial charge in [0.25, 0.3) is 0 Å². The Labute approximate surface area is 96.2 Å². The maximum atomic E-state index is 9.61. The molecule has 0 aliphatic heterocycles. The van der Waals surface area contributed by atoms with Gasteiger partial charge in [-0.3, -0.25) is 0 Å². The van der Waals surface area contributed by atoms with Gasteiger partial charge in [0.1, 0.15) is 0 Å². The predicted octanol–water partition coefficient (Wildman–Crippen LogP) is 2.24. The van der Waals surface area contributed by atoms with Crippen molar-refractivity contribution in [1.29, 1.82) is 0 Å². The van der Waals surface area contributed by atoms with Gasteiger partial charge in [-0.25, -0.2) is 0 Å². The molecule has 0 unspecified atom stereocenters. The minimum Gasteiger partial charge on any atom is -0.504 e. The minimum absolute atomic E-state index is 0.153. The van der Waals surface area contributed by atoms with Crippen molar-refractivity contribution >= 4 is 0 Å². The number of phenols is 1. The van der Waals surface area contributed by atoms with Crippen molar-refractivity contribution in [3.8, 4) is 11.5 Å². The van der Waals surface area contributed by atoms with Gasteiger partial charge in [-0.1, -0.05) is 19.9 Å². The van der Waals surface area contributed by atoms with Crippen molar-refractivity contribution < 1.29 is 9.84 Å². The van der Waals surface area contributed by atoms with Gasteiger partial charge in [0, 0.05) is 12.0 Å². The van der Waals surface area contributed by atoms with Crippen LogP contribution in [0.3, 0.4) is 0 Å². The van der Waals surface area contributed by atoms with E-state index in [9.17, 15) is 5.11 Å². The predicted molar refractivity (Wildman–Crippen MR) is 63.8 cm³/mol. The van der Waals surface area contributed by atoms with E-state index >= 15 is 0 Å². The smallest absolute Gasteiger partial charge is 0.161 e. The van der Waals surface area contributed by atoms with E-state index in [-0.39, 0.29) is 17.2 Å². The normalized spacial score (nSPS) is 26.5. The molecule has 3 nitrogen and oxygen atoms in total. The summed E-state index contributed by atoms with van der Waals surface area (Å²) < 4.78 is 5.37. The van der Waals surface area contributed by atoms with Crippen molar-refractivity contribution in [2.45, 2.75) is 32.7 Å². The zero-order valence-corrected chi connectivity index (χ0v) is 10.0. The maximum Gasteiger partial charge on any atom is 0.161 e. The van der Waals surface area contributed by atoms with E-state index in [1.807, 2.05) is 19.1 Å². The average molecular weight is 221 g/mol. The van der Waals surface area contributed by atoms with Gasteiger partial charge in [0.2, 0.25) is 0 Å². The number of aromatic hydroxyl groups is 1. The third-order valence-electron chi connectivity index (χ3n) is 3.55. The van der Waals surface area contributed by atoms with Crippen LogP contribution in [0.4, 0.5) is 0 Å². The Bertz CT molecular complexity index is 401. The molecule has 88 valence electrons. The van der Waals surface area contributed by atoms with E-state index < -0.39 is 0 Å². The standard InChI is InChI=1S/C13H19NO2/c1-4-16-10-7-8(5-6-9(10)15)11-12(14)13(11,2)3/h5-7,11-12,15H,4,14H2,1-3H3/t11-,12-/m1/s1. The van der Waals surface area contributed by atoms with Crippen LogP contribution in [0.2, 0.25) is 0 Å². The van der Waals surface area contributed by atoms with Crippen LogP contribution in [0.5, 0.6) is 11.5 Å². The molecule has 2 rings (SSSR count). The second-order valence-corrected chi connectivity index (χ2v) is 4.98. The summed E-state index contributed by atoms with van der Waals surface area (Å²) in [6, 6.07) is 5.71. The molecule has 0 aromatic heterocycles. The number of hydrogen-bond acceptors (Lipinski definition) is 3. The van der Waals surface area contributed by atoms with Gasteiger partial charge < -0.3 is 15.6 Å². The van der Waals surface area contributed by atoms with Crippen LogP contribution in [0, 0.1) is 5.41 Å². The van der Waals surface area contributed by atoms with Crippen LogP contribution < -0.4 is 10.5 Å². The summed E-state index contributed by atoms with van der Waals surface area (Å²) in [5.41, 5.74) is 7.34. The quantitative estimate of drug-likeness (QED) is 0.823. The summed E-state index contributed by atoms with van der Waals surface area (Å²) in [6.07, 6.45) is 0. The van der Waals surface area contributed by atoms with Gasteiger partial charge in [-0.15, -0.1) is 0 Å². The fraction of sp³-hybridized carbons (Fsp3) is 0.538. The lowest BCUT2D eigenvalue weighted by molar-refractivity contribution is 0.317. The van der Waals surface area contributed by atoms with Gasteiger partial charge in [-0.05, 0) is 30.0 Å². The molecule has 1 aliphatic carbocycles. The van der Waals surface area contributed by atoms with Crippen molar-refractivity contribution in [1.82, 2.24) is 0 Å². The van der Waals surface area contributed by atoms with Crippen molar-refractivity contribution in [2.75, 3.05) is 6.61 Å². The summed E-state index contributed by atoms with van der Waals surface area (Å²) >= 11 is 0. The Morgan fingerprint density at radius 2 is 2.06 bits per heavy atom.